The van der Waals surface area contributed by atoms with Crippen molar-refractivity contribution in [3.63, 3.8) is 0 Å². The lowest BCUT2D eigenvalue weighted by atomic mass is 10.3. The SMILES string of the molecule is Cc1nc(N2CCN(Cc3nc(C)no3)CC2)cc(C(F)(F)F)n1. The van der Waals surface area contributed by atoms with Crippen LogP contribution in [0.25, 0.3) is 0 Å². The van der Waals surface area contributed by atoms with Crippen molar-refractivity contribution in [2.75, 3.05) is 31.1 Å². The molecule has 0 spiro atoms. The first-order valence-electron chi connectivity index (χ1n) is 7.50. The van der Waals surface area contributed by atoms with E-state index in [4.69, 9.17) is 4.52 Å². The van der Waals surface area contributed by atoms with Crippen LogP contribution in [0.1, 0.15) is 23.2 Å². The monoisotopic (exact) mass is 342 g/mol. The first kappa shape index (κ1) is 16.6. The molecule has 7 nitrogen and oxygen atoms in total. The van der Waals surface area contributed by atoms with Gasteiger partial charge in [0.05, 0.1) is 6.54 Å². The summed E-state index contributed by atoms with van der Waals surface area (Å²) in [5.74, 6) is 1.55. The Morgan fingerprint density at radius 3 is 2.33 bits per heavy atom. The van der Waals surface area contributed by atoms with E-state index < -0.39 is 11.9 Å². The fourth-order valence-electron chi connectivity index (χ4n) is 2.59. The normalized spacial score (nSPS) is 16.6. The highest BCUT2D eigenvalue weighted by molar-refractivity contribution is 5.41. The van der Waals surface area contributed by atoms with Gasteiger partial charge in [0, 0.05) is 32.2 Å². The molecule has 2 aromatic heterocycles. The van der Waals surface area contributed by atoms with Crippen LogP contribution in [0.5, 0.6) is 0 Å². The van der Waals surface area contributed by atoms with Gasteiger partial charge in [-0.15, -0.1) is 0 Å². The van der Waals surface area contributed by atoms with Crippen molar-refractivity contribution >= 4 is 5.82 Å². The van der Waals surface area contributed by atoms with Gasteiger partial charge < -0.3 is 9.42 Å². The molecule has 0 unspecified atom stereocenters. The second kappa shape index (κ2) is 6.34. The van der Waals surface area contributed by atoms with Crippen molar-refractivity contribution in [2.45, 2.75) is 26.6 Å². The summed E-state index contributed by atoms with van der Waals surface area (Å²) in [6.45, 7) is 6.23. The van der Waals surface area contributed by atoms with E-state index in [9.17, 15) is 13.2 Å². The quantitative estimate of drug-likeness (QED) is 0.842. The van der Waals surface area contributed by atoms with E-state index in [-0.39, 0.29) is 5.82 Å². The Bertz CT molecular complexity index is 709. The van der Waals surface area contributed by atoms with Gasteiger partial charge in [-0.05, 0) is 13.8 Å². The molecule has 2 aromatic rings. The van der Waals surface area contributed by atoms with E-state index >= 15 is 0 Å². The van der Waals surface area contributed by atoms with Crippen LogP contribution in [0, 0.1) is 13.8 Å². The van der Waals surface area contributed by atoms with Gasteiger partial charge >= 0.3 is 6.18 Å². The standard InChI is InChI=1S/C14H17F3N6O/c1-9-18-11(14(15,16)17)7-12(19-9)23-5-3-22(4-6-23)8-13-20-10(2)21-24-13/h7H,3-6,8H2,1-2H3. The molecule has 0 N–H and O–H groups in total. The number of aromatic nitrogens is 4. The summed E-state index contributed by atoms with van der Waals surface area (Å²) in [7, 11) is 0. The summed E-state index contributed by atoms with van der Waals surface area (Å²) >= 11 is 0. The van der Waals surface area contributed by atoms with Gasteiger partial charge in [0.1, 0.15) is 17.3 Å². The third-order valence-electron chi connectivity index (χ3n) is 3.74. The summed E-state index contributed by atoms with van der Waals surface area (Å²) in [5, 5.41) is 3.74. The minimum Gasteiger partial charge on any atom is -0.354 e. The summed E-state index contributed by atoms with van der Waals surface area (Å²) in [5.41, 5.74) is -0.909. The van der Waals surface area contributed by atoms with E-state index in [2.05, 4.69) is 25.0 Å². The van der Waals surface area contributed by atoms with Crippen LogP contribution >= 0.6 is 0 Å². The lowest BCUT2D eigenvalue weighted by molar-refractivity contribution is -0.141. The molecule has 1 aliphatic rings. The predicted octanol–water partition coefficient (Wildman–Crippen LogP) is 1.82. The highest BCUT2D eigenvalue weighted by Crippen LogP contribution is 2.29. The van der Waals surface area contributed by atoms with Crippen LogP contribution < -0.4 is 4.90 Å². The molecular weight excluding hydrogens is 325 g/mol. The van der Waals surface area contributed by atoms with E-state index in [0.29, 0.717) is 50.3 Å². The molecule has 3 heterocycles. The Morgan fingerprint density at radius 2 is 1.75 bits per heavy atom. The molecule has 0 aliphatic carbocycles. The van der Waals surface area contributed by atoms with Gasteiger partial charge in [0.2, 0.25) is 5.89 Å². The van der Waals surface area contributed by atoms with Crippen molar-refractivity contribution in [2.24, 2.45) is 0 Å². The molecule has 10 heteroatoms. The number of piperazine rings is 1. The Labute approximate surface area is 136 Å². The molecule has 1 saturated heterocycles. The summed E-state index contributed by atoms with van der Waals surface area (Å²) in [4.78, 5) is 15.7. The van der Waals surface area contributed by atoms with E-state index in [0.717, 1.165) is 6.07 Å². The molecule has 1 aliphatic heterocycles. The Kier molecular flexibility index (Phi) is 4.39. The number of rotatable bonds is 3. The average Bonchev–Trinajstić information content (AvgIpc) is 2.91. The fraction of sp³-hybridized carbons (Fsp3) is 0.571. The summed E-state index contributed by atoms with van der Waals surface area (Å²) in [6.07, 6.45) is -4.47. The number of aryl methyl sites for hydroxylation is 2. The second-order valence-corrected chi connectivity index (χ2v) is 5.65. The lowest BCUT2D eigenvalue weighted by Crippen LogP contribution is -2.46. The number of anilines is 1. The van der Waals surface area contributed by atoms with Crippen molar-refractivity contribution in [3.05, 3.63) is 29.3 Å². The van der Waals surface area contributed by atoms with E-state index in [1.54, 1.807) is 6.92 Å². The smallest absolute Gasteiger partial charge is 0.354 e. The van der Waals surface area contributed by atoms with E-state index in [1.807, 2.05) is 4.90 Å². The Morgan fingerprint density at radius 1 is 1.04 bits per heavy atom. The number of alkyl halides is 3. The van der Waals surface area contributed by atoms with Crippen LogP contribution in [0.15, 0.2) is 10.6 Å². The average molecular weight is 342 g/mol. The molecule has 0 bridgehead atoms. The predicted molar refractivity (Wildman–Crippen MR) is 78.3 cm³/mol. The molecule has 1 fully saturated rings. The molecule has 0 radical (unpaired) electrons. The molecule has 0 amide bonds. The maximum absolute atomic E-state index is 12.9. The first-order chi connectivity index (χ1) is 11.3. The number of hydrogen-bond donors (Lipinski definition) is 0. The minimum atomic E-state index is -4.47. The molecule has 3 rings (SSSR count). The van der Waals surface area contributed by atoms with Crippen molar-refractivity contribution in [3.8, 4) is 0 Å². The van der Waals surface area contributed by atoms with Gasteiger partial charge in [-0.25, -0.2) is 9.97 Å². The van der Waals surface area contributed by atoms with Crippen LogP contribution in [0.4, 0.5) is 19.0 Å². The van der Waals surface area contributed by atoms with Crippen molar-refractivity contribution < 1.29 is 17.7 Å². The molecule has 0 aromatic carbocycles. The van der Waals surface area contributed by atoms with Gasteiger partial charge in [0.15, 0.2) is 5.82 Å². The van der Waals surface area contributed by atoms with Crippen LogP contribution in [0.3, 0.4) is 0 Å². The van der Waals surface area contributed by atoms with Gasteiger partial charge in [-0.2, -0.15) is 18.2 Å². The molecule has 0 atom stereocenters. The zero-order chi connectivity index (χ0) is 17.3. The Balaban J connectivity index is 1.65. The minimum absolute atomic E-state index is 0.114. The zero-order valence-electron chi connectivity index (χ0n) is 13.3. The maximum Gasteiger partial charge on any atom is 0.433 e. The second-order valence-electron chi connectivity index (χ2n) is 5.65. The van der Waals surface area contributed by atoms with Gasteiger partial charge in [-0.3, -0.25) is 4.90 Å². The first-order valence-corrected chi connectivity index (χ1v) is 7.50. The molecule has 24 heavy (non-hydrogen) atoms. The molecule has 130 valence electrons. The molecule has 0 saturated carbocycles. The molecular formula is C14H17F3N6O. The highest BCUT2D eigenvalue weighted by atomic mass is 19.4. The van der Waals surface area contributed by atoms with Gasteiger partial charge in [-0.1, -0.05) is 5.16 Å². The number of nitrogens with zero attached hydrogens (tertiary/aromatic N) is 6. The third-order valence-corrected chi connectivity index (χ3v) is 3.74. The number of hydrogen-bond acceptors (Lipinski definition) is 7. The van der Waals surface area contributed by atoms with Crippen LogP contribution in [-0.2, 0) is 12.7 Å². The topological polar surface area (TPSA) is 71.2 Å². The Hall–Kier alpha value is -2.23. The number of halogens is 3. The van der Waals surface area contributed by atoms with Crippen molar-refractivity contribution in [1.29, 1.82) is 0 Å². The highest BCUT2D eigenvalue weighted by Gasteiger charge is 2.34. The van der Waals surface area contributed by atoms with Crippen molar-refractivity contribution in [1.82, 2.24) is 25.0 Å². The summed E-state index contributed by atoms with van der Waals surface area (Å²) in [6, 6.07) is 1.00. The third kappa shape index (κ3) is 3.81. The maximum atomic E-state index is 12.9. The zero-order valence-corrected chi connectivity index (χ0v) is 13.3. The van der Waals surface area contributed by atoms with E-state index in [1.165, 1.54) is 6.92 Å². The lowest BCUT2D eigenvalue weighted by Gasteiger charge is -2.34. The summed E-state index contributed by atoms with van der Waals surface area (Å²) < 4.78 is 43.7. The van der Waals surface area contributed by atoms with Gasteiger partial charge in [0.25, 0.3) is 0 Å². The van der Waals surface area contributed by atoms with Crippen LogP contribution in [0.2, 0.25) is 0 Å². The van der Waals surface area contributed by atoms with Crippen LogP contribution in [-0.4, -0.2) is 51.2 Å². The largest absolute Gasteiger partial charge is 0.433 e. The fourth-order valence-corrected chi connectivity index (χ4v) is 2.59.